The highest BCUT2D eigenvalue weighted by Crippen LogP contribution is 2.28. The normalized spacial score (nSPS) is 21.2. The second kappa shape index (κ2) is 6.84. The maximum Gasteiger partial charge on any atom is 0.129 e. The van der Waals surface area contributed by atoms with Gasteiger partial charge in [0.2, 0.25) is 0 Å². The molecule has 0 aromatic carbocycles. The second-order valence-electron chi connectivity index (χ2n) is 7.28. The number of anilines is 1. The van der Waals surface area contributed by atoms with Crippen LogP contribution in [0.15, 0.2) is 30.9 Å². The van der Waals surface area contributed by atoms with Crippen molar-refractivity contribution in [2.45, 2.75) is 31.5 Å². The molecule has 2 aliphatic rings. The van der Waals surface area contributed by atoms with E-state index in [1.54, 1.807) is 6.33 Å². The van der Waals surface area contributed by atoms with Crippen LogP contribution >= 0.6 is 0 Å². The molecule has 0 saturated carbocycles. The Bertz CT molecular complexity index is 950. The van der Waals surface area contributed by atoms with Crippen molar-refractivity contribution in [3.63, 3.8) is 0 Å². The third-order valence-corrected chi connectivity index (χ3v) is 5.48. The number of hydrogen-bond donors (Lipinski definition) is 1. The molecule has 8 heteroatoms. The van der Waals surface area contributed by atoms with Crippen molar-refractivity contribution in [3.05, 3.63) is 30.9 Å². The lowest BCUT2D eigenvalue weighted by molar-refractivity contribution is 0.343. The summed E-state index contributed by atoms with van der Waals surface area (Å²) < 4.78 is 15.6. The molecule has 3 aromatic heterocycles. The zero-order valence-corrected chi connectivity index (χ0v) is 15.1. The first-order valence-corrected chi connectivity index (χ1v) is 9.54. The second-order valence-corrected chi connectivity index (χ2v) is 7.28. The van der Waals surface area contributed by atoms with Crippen molar-refractivity contribution in [1.82, 2.24) is 30.0 Å². The van der Waals surface area contributed by atoms with Gasteiger partial charge in [0.1, 0.15) is 29.5 Å². The van der Waals surface area contributed by atoms with E-state index in [0.29, 0.717) is 25.6 Å². The van der Waals surface area contributed by atoms with Gasteiger partial charge in [-0.25, -0.2) is 19.3 Å². The highest BCUT2D eigenvalue weighted by Gasteiger charge is 2.24. The van der Waals surface area contributed by atoms with E-state index in [0.717, 1.165) is 54.0 Å². The van der Waals surface area contributed by atoms with E-state index in [9.17, 15) is 4.39 Å². The number of halogens is 1. The maximum atomic E-state index is 13.6. The van der Waals surface area contributed by atoms with E-state index in [1.165, 1.54) is 0 Å². The van der Waals surface area contributed by atoms with Crippen LogP contribution in [0.1, 0.15) is 25.3 Å². The van der Waals surface area contributed by atoms with Gasteiger partial charge in [-0.3, -0.25) is 4.68 Å². The molecule has 0 radical (unpaired) electrons. The molecule has 0 aliphatic carbocycles. The number of aromatic nitrogens is 5. The molecule has 5 heterocycles. The minimum absolute atomic E-state index is 0.398. The van der Waals surface area contributed by atoms with Crippen LogP contribution in [-0.4, -0.2) is 57.1 Å². The van der Waals surface area contributed by atoms with Crippen molar-refractivity contribution in [2.24, 2.45) is 0 Å². The van der Waals surface area contributed by atoms with Gasteiger partial charge >= 0.3 is 0 Å². The number of alkyl halides is 1. The highest BCUT2D eigenvalue weighted by atomic mass is 19.1. The molecular weight excluding hydrogens is 345 g/mol. The van der Waals surface area contributed by atoms with Crippen LogP contribution in [0.3, 0.4) is 0 Å². The Kier molecular flexibility index (Phi) is 4.20. The van der Waals surface area contributed by atoms with Gasteiger partial charge in [0.25, 0.3) is 0 Å². The molecule has 1 N–H and O–H groups in total. The largest absolute Gasteiger partial charge is 0.354 e. The number of hydrogen-bond acceptors (Lipinski definition) is 6. The third kappa shape index (κ3) is 3.14. The quantitative estimate of drug-likeness (QED) is 0.766. The third-order valence-electron chi connectivity index (χ3n) is 5.48. The van der Waals surface area contributed by atoms with Crippen LogP contribution in [0.5, 0.6) is 0 Å². The molecule has 3 aromatic rings. The maximum absolute atomic E-state index is 13.6. The number of rotatable bonds is 3. The highest BCUT2D eigenvalue weighted by molar-refractivity contribution is 5.89. The summed E-state index contributed by atoms with van der Waals surface area (Å²) in [6.07, 6.45) is 7.40. The molecule has 0 bridgehead atoms. The van der Waals surface area contributed by atoms with Crippen molar-refractivity contribution >= 4 is 16.9 Å². The predicted octanol–water partition coefficient (Wildman–Crippen LogP) is 2.36. The van der Waals surface area contributed by atoms with E-state index < -0.39 is 6.17 Å². The number of nitrogens with one attached hydrogen (secondary N) is 1. The fourth-order valence-corrected chi connectivity index (χ4v) is 3.97. The van der Waals surface area contributed by atoms with Gasteiger partial charge in [-0.2, -0.15) is 5.10 Å². The number of pyridine rings is 1. The van der Waals surface area contributed by atoms with Crippen LogP contribution in [0.25, 0.3) is 22.3 Å². The molecule has 7 nitrogen and oxygen atoms in total. The first-order valence-electron chi connectivity index (χ1n) is 9.54. The molecule has 0 spiro atoms. The predicted molar refractivity (Wildman–Crippen MR) is 101 cm³/mol. The summed E-state index contributed by atoms with van der Waals surface area (Å²) in [5, 5.41) is 7.95. The topological polar surface area (TPSA) is 71.8 Å². The first-order chi connectivity index (χ1) is 13.3. The summed E-state index contributed by atoms with van der Waals surface area (Å²) in [7, 11) is 0. The Labute approximate surface area is 156 Å². The van der Waals surface area contributed by atoms with Crippen molar-refractivity contribution in [2.75, 3.05) is 31.1 Å². The molecule has 1 atom stereocenters. The zero-order valence-electron chi connectivity index (χ0n) is 15.1. The molecule has 5 rings (SSSR count). The average molecular weight is 367 g/mol. The van der Waals surface area contributed by atoms with Gasteiger partial charge in [0.05, 0.1) is 24.3 Å². The van der Waals surface area contributed by atoms with Crippen LogP contribution < -0.4 is 10.2 Å². The lowest BCUT2D eigenvalue weighted by atomic mass is 10.1. The lowest BCUT2D eigenvalue weighted by Crippen LogP contribution is -2.29. The van der Waals surface area contributed by atoms with E-state index in [2.05, 4.69) is 26.6 Å². The van der Waals surface area contributed by atoms with E-state index in [-0.39, 0.29) is 0 Å². The van der Waals surface area contributed by atoms with Gasteiger partial charge in [0, 0.05) is 18.3 Å². The summed E-state index contributed by atoms with van der Waals surface area (Å²) in [6, 6.07) is 4.27. The Balaban J connectivity index is 1.51. The Morgan fingerprint density at radius 2 is 2.00 bits per heavy atom. The van der Waals surface area contributed by atoms with Crippen molar-refractivity contribution in [1.29, 1.82) is 0 Å². The zero-order chi connectivity index (χ0) is 18.2. The number of nitrogens with zero attached hydrogens (tertiary/aromatic N) is 6. The van der Waals surface area contributed by atoms with E-state index in [4.69, 9.17) is 4.98 Å². The van der Waals surface area contributed by atoms with Crippen molar-refractivity contribution in [3.8, 4) is 11.3 Å². The number of piperidine rings is 1. The van der Waals surface area contributed by atoms with E-state index in [1.807, 2.05) is 27.9 Å². The first kappa shape index (κ1) is 16.6. The van der Waals surface area contributed by atoms with Gasteiger partial charge in [-0.15, -0.1) is 0 Å². The molecular formula is C19H22FN7. The van der Waals surface area contributed by atoms with Gasteiger partial charge in [-0.05, 0) is 44.5 Å². The molecule has 1 unspecified atom stereocenters. The molecule has 27 heavy (non-hydrogen) atoms. The lowest BCUT2D eigenvalue weighted by Gasteiger charge is -2.22. The summed E-state index contributed by atoms with van der Waals surface area (Å²) in [5.41, 5.74) is 3.24. The average Bonchev–Trinajstić information content (AvgIpc) is 3.37. The van der Waals surface area contributed by atoms with Crippen LogP contribution in [0.4, 0.5) is 10.2 Å². The van der Waals surface area contributed by atoms with Gasteiger partial charge < -0.3 is 10.2 Å². The minimum atomic E-state index is -0.780. The van der Waals surface area contributed by atoms with Gasteiger partial charge in [-0.1, -0.05) is 0 Å². The summed E-state index contributed by atoms with van der Waals surface area (Å²) in [6.45, 7) is 3.13. The fourth-order valence-electron chi connectivity index (χ4n) is 3.97. The summed E-state index contributed by atoms with van der Waals surface area (Å²) >= 11 is 0. The van der Waals surface area contributed by atoms with Crippen LogP contribution in [0, 0.1) is 0 Å². The molecule has 2 fully saturated rings. The minimum Gasteiger partial charge on any atom is -0.354 e. The molecule has 140 valence electrons. The number of fused-ring (bicyclic) bond motifs is 1. The molecule has 2 aliphatic heterocycles. The Morgan fingerprint density at radius 1 is 1.11 bits per heavy atom. The standard InChI is InChI=1S/C19H22FN7/c20-14-5-8-26(11-14)17-2-1-16-19(25-17)18(23-12-22-16)13-9-24-27(10-13)15-3-6-21-7-4-15/h1-2,9-10,12,14-15,21H,3-8,11H2. The molecule has 0 amide bonds. The monoisotopic (exact) mass is 367 g/mol. The fraction of sp³-hybridized carbons (Fsp3) is 0.474. The van der Waals surface area contributed by atoms with Crippen LogP contribution in [0.2, 0.25) is 0 Å². The van der Waals surface area contributed by atoms with Gasteiger partial charge in [0.15, 0.2) is 0 Å². The van der Waals surface area contributed by atoms with Crippen molar-refractivity contribution < 1.29 is 4.39 Å². The summed E-state index contributed by atoms with van der Waals surface area (Å²) in [4.78, 5) is 15.6. The Hall–Kier alpha value is -2.61. The SMILES string of the molecule is FC1CCN(c2ccc3ncnc(-c4cnn(C5CCNCC5)c4)c3n2)C1. The Morgan fingerprint density at radius 3 is 2.81 bits per heavy atom. The summed E-state index contributed by atoms with van der Waals surface area (Å²) in [5.74, 6) is 0.782. The smallest absolute Gasteiger partial charge is 0.129 e. The van der Waals surface area contributed by atoms with E-state index >= 15 is 0 Å². The van der Waals surface area contributed by atoms with Crippen LogP contribution in [-0.2, 0) is 0 Å². The molecule has 2 saturated heterocycles.